The minimum Gasteiger partial charge on any atom is -0.497 e. The van der Waals surface area contributed by atoms with E-state index in [1.54, 1.807) is 14.0 Å². The van der Waals surface area contributed by atoms with E-state index in [1.807, 2.05) is 23.1 Å². The second kappa shape index (κ2) is 8.09. The highest BCUT2D eigenvalue weighted by molar-refractivity contribution is 5.73. The maximum atomic E-state index is 11.4. The first kappa shape index (κ1) is 18.7. The van der Waals surface area contributed by atoms with Gasteiger partial charge in [-0.2, -0.15) is 5.26 Å². The van der Waals surface area contributed by atoms with Crippen molar-refractivity contribution in [3.63, 3.8) is 0 Å². The summed E-state index contributed by atoms with van der Waals surface area (Å²) in [4.78, 5) is 13.4. The maximum absolute atomic E-state index is 11.4. The SMILES string of the molecule is COc1cccc([C@]2(C#N)CC[C@@H](NC3CCN(C(C)=O)CC3)CC2)c1. The number of hydrogen-bond acceptors (Lipinski definition) is 4. The first-order chi connectivity index (χ1) is 12.6. The number of piperidine rings is 1. The third-order valence-electron chi connectivity index (χ3n) is 6.09. The number of nitrogens with one attached hydrogen (secondary N) is 1. The fourth-order valence-electron chi connectivity index (χ4n) is 4.36. The van der Waals surface area contributed by atoms with E-state index in [2.05, 4.69) is 17.5 Å². The van der Waals surface area contributed by atoms with E-state index >= 15 is 0 Å². The number of carbonyl (C=O) groups excluding carboxylic acids is 1. The highest BCUT2D eigenvalue weighted by atomic mass is 16.5. The number of amides is 1. The molecule has 1 amide bonds. The molecule has 0 spiro atoms. The van der Waals surface area contributed by atoms with Gasteiger partial charge in [-0.25, -0.2) is 0 Å². The Hall–Kier alpha value is -2.06. The monoisotopic (exact) mass is 355 g/mol. The van der Waals surface area contributed by atoms with Gasteiger partial charge in [0.1, 0.15) is 5.75 Å². The highest BCUT2D eigenvalue weighted by Crippen LogP contribution is 2.40. The van der Waals surface area contributed by atoms with Gasteiger partial charge in [0.05, 0.1) is 18.6 Å². The largest absolute Gasteiger partial charge is 0.497 e. The fraction of sp³-hybridized carbons (Fsp3) is 0.619. The van der Waals surface area contributed by atoms with E-state index in [4.69, 9.17) is 4.74 Å². The minimum atomic E-state index is -0.398. The Morgan fingerprint density at radius 2 is 1.88 bits per heavy atom. The van der Waals surface area contributed by atoms with Crippen LogP contribution < -0.4 is 10.1 Å². The molecular formula is C21H29N3O2. The van der Waals surface area contributed by atoms with Crippen molar-refractivity contribution in [1.29, 1.82) is 5.26 Å². The molecule has 2 fully saturated rings. The van der Waals surface area contributed by atoms with Gasteiger partial charge < -0.3 is 15.0 Å². The maximum Gasteiger partial charge on any atom is 0.219 e. The third kappa shape index (κ3) is 4.02. The number of rotatable bonds is 4. The minimum absolute atomic E-state index is 0.179. The van der Waals surface area contributed by atoms with Crippen molar-refractivity contribution in [3.05, 3.63) is 29.8 Å². The zero-order valence-corrected chi connectivity index (χ0v) is 15.8. The highest BCUT2D eigenvalue weighted by Gasteiger charge is 2.38. The summed E-state index contributed by atoms with van der Waals surface area (Å²) < 4.78 is 5.33. The van der Waals surface area contributed by atoms with Crippen molar-refractivity contribution < 1.29 is 9.53 Å². The van der Waals surface area contributed by atoms with Crippen molar-refractivity contribution in [2.75, 3.05) is 20.2 Å². The van der Waals surface area contributed by atoms with Gasteiger partial charge in [0.2, 0.25) is 5.91 Å². The molecule has 0 bridgehead atoms. The van der Waals surface area contributed by atoms with Gasteiger partial charge in [0.15, 0.2) is 0 Å². The number of methoxy groups -OCH3 is 1. The third-order valence-corrected chi connectivity index (χ3v) is 6.09. The number of nitriles is 1. The lowest BCUT2D eigenvalue weighted by atomic mass is 9.69. The van der Waals surface area contributed by atoms with Crippen LogP contribution in [0.5, 0.6) is 5.75 Å². The molecule has 1 N–H and O–H groups in total. The molecule has 1 aromatic rings. The smallest absolute Gasteiger partial charge is 0.219 e. The van der Waals surface area contributed by atoms with Crippen LogP contribution in [-0.2, 0) is 10.2 Å². The average molecular weight is 355 g/mol. The van der Waals surface area contributed by atoms with Crippen LogP contribution >= 0.6 is 0 Å². The van der Waals surface area contributed by atoms with Gasteiger partial charge in [-0.1, -0.05) is 12.1 Å². The summed E-state index contributed by atoms with van der Waals surface area (Å²) in [6.07, 6.45) is 5.82. The van der Waals surface area contributed by atoms with Crippen LogP contribution in [0.4, 0.5) is 0 Å². The molecule has 1 saturated heterocycles. The summed E-state index contributed by atoms with van der Waals surface area (Å²) >= 11 is 0. The molecule has 1 heterocycles. The molecule has 5 heteroatoms. The van der Waals surface area contributed by atoms with Crippen LogP contribution in [0.3, 0.4) is 0 Å². The van der Waals surface area contributed by atoms with E-state index < -0.39 is 5.41 Å². The number of likely N-dealkylation sites (tertiary alicyclic amines) is 1. The number of benzene rings is 1. The van der Waals surface area contributed by atoms with Gasteiger partial charge in [0, 0.05) is 32.1 Å². The van der Waals surface area contributed by atoms with Gasteiger partial charge in [0.25, 0.3) is 0 Å². The molecular weight excluding hydrogens is 326 g/mol. The zero-order chi connectivity index (χ0) is 18.6. The van der Waals surface area contributed by atoms with E-state index in [0.29, 0.717) is 12.1 Å². The van der Waals surface area contributed by atoms with Gasteiger partial charge in [-0.15, -0.1) is 0 Å². The van der Waals surface area contributed by atoms with E-state index in [1.165, 1.54) is 0 Å². The van der Waals surface area contributed by atoms with Crippen molar-refractivity contribution in [3.8, 4) is 11.8 Å². The number of hydrogen-bond donors (Lipinski definition) is 1. The summed E-state index contributed by atoms with van der Waals surface area (Å²) in [7, 11) is 1.66. The number of nitrogens with zero attached hydrogens (tertiary/aromatic N) is 2. The Morgan fingerprint density at radius 3 is 2.46 bits per heavy atom. The predicted octanol–water partition coefficient (Wildman–Crippen LogP) is 3.00. The molecule has 1 aromatic carbocycles. The standard InChI is InChI=1S/C21H29N3O2/c1-16(25)24-12-8-19(9-13-24)23-18-6-10-21(15-22,11-7-18)17-4-3-5-20(14-17)26-2/h3-5,14,18-19,23H,6-13H2,1-2H3/t18-,21-. The molecule has 0 radical (unpaired) electrons. The van der Waals surface area contributed by atoms with Crippen LogP contribution in [-0.4, -0.2) is 43.1 Å². The van der Waals surface area contributed by atoms with Crippen molar-refractivity contribution in [1.82, 2.24) is 10.2 Å². The van der Waals surface area contributed by atoms with E-state index in [0.717, 1.165) is 62.9 Å². The summed E-state index contributed by atoms with van der Waals surface area (Å²) in [5.74, 6) is 0.993. The molecule has 2 aliphatic rings. The quantitative estimate of drug-likeness (QED) is 0.902. The molecule has 1 aliphatic heterocycles. The number of carbonyl (C=O) groups is 1. The molecule has 0 unspecified atom stereocenters. The van der Waals surface area contributed by atoms with Crippen LogP contribution in [0.25, 0.3) is 0 Å². The molecule has 140 valence electrons. The lowest BCUT2D eigenvalue weighted by Crippen LogP contribution is -2.49. The molecule has 1 saturated carbocycles. The van der Waals surface area contributed by atoms with Crippen LogP contribution in [0.15, 0.2) is 24.3 Å². The molecule has 0 atom stereocenters. The van der Waals surface area contributed by atoms with E-state index in [9.17, 15) is 10.1 Å². The Balaban J connectivity index is 1.56. The first-order valence-corrected chi connectivity index (χ1v) is 9.63. The Bertz CT molecular complexity index is 666. The molecule has 1 aliphatic carbocycles. The summed E-state index contributed by atoms with van der Waals surface area (Å²) in [6.45, 7) is 3.35. The predicted molar refractivity (Wildman–Crippen MR) is 101 cm³/mol. The average Bonchev–Trinajstić information content (AvgIpc) is 2.69. The summed E-state index contributed by atoms with van der Waals surface area (Å²) in [5.41, 5.74) is 0.678. The lowest BCUT2D eigenvalue weighted by Gasteiger charge is -2.39. The van der Waals surface area contributed by atoms with Crippen molar-refractivity contribution in [2.24, 2.45) is 0 Å². The Morgan fingerprint density at radius 1 is 1.23 bits per heavy atom. The second-order valence-electron chi connectivity index (χ2n) is 7.65. The Kier molecular flexibility index (Phi) is 5.83. The first-order valence-electron chi connectivity index (χ1n) is 9.63. The second-order valence-corrected chi connectivity index (χ2v) is 7.65. The van der Waals surface area contributed by atoms with Crippen LogP contribution in [0.1, 0.15) is 51.0 Å². The topological polar surface area (TPSA) is 65.4 Å². The number of ether oxygens (including phenoxy) is 1. The van der Waals surface area contributed by atoms with Crippen LogP contribution in [0, 0.1) is 11.3 Å². The van der Waals surface area contributed by atoms with Gasteiger partial charge in [-0.3, -0.25) is 4.79 Å². The fourth-order valence-corrected chi connectivity index (χ4v) is 4.36. The Labute approximate surface area is 156 Å². The zero-order valence-electron chi connectivity index (χ0n) is 15.8. The normalized spacial score (nSPS) is 27.0. The van der Waals surface area contributed by atoms with Gasteiger partial charge in [-0.05, 0) is 56.2 Å². The van der Waals surface area contributed by atoms with Crippen LogP contribution in [0.2, 0.25) is 0 Å². The molecule has 3 rings (SSSR count). The van der Waals surface area contributed by atoms with E-state index in [-0.39, 0.29) is 5.91 Å². The van der Waals surface area contributed by atoms with Gasteiger partial charge >= 0.3 is 0 Å². The lowest BCUT2D eigenvalue weighted by molar-refractivity contribution is -0.129. The molecule has 26 heavy (non-hydrogen) atoms. The molecule has 5 nitrogen and oxygen atoms in total. The molecule has 0 aromatic heterocycles. The van der Waals surface area contributed by atoms with Crippen molar-refractivity contribution in [2.45, 2.75) is 62.9 Å². The summed E-state index contributed by atoms with van der Waals surface area (Å²) in [6, 6.07) is 11.5. The summed E-state index contributed by atoms with van der Waals surface area (Å²) in [5, 5.41) is 13.7. The van der Waals surface area contributed by atoms with Crippen molar-refractivity contribution >= 4 is 5.91 Å².